The van der Waals surface area contributed by atoms with Crippen molar-refractivity contribution >= 4 is 16.9 Å². The molecule has 1 saturated carbocycles. The third kappa shape index (κ3) is 4.47. The lowest BCUT2D eigenvalue weighted by Gasteiger charge is -2.34. The Morgan fingerprint density at radius 2 is 2.07 bits per heavy atom. The van der Waals surface area contributed by atoms with E-state index in [0.717, 1.165) is 23.7 Å². The van der Waals surface area contributed by atoms with Gasteiger partial charge in [0.25, 0.3) is 0 Å². The number of carbonyl (C=O) groups is 1. The molecule has 1 N–H and O–H groups in total. The number of ether oxygens (including phenoxy) is 2. The van der Waals surface area contributed by atoms with Gasteiger partial charge in [0.15, 0.2) is 0 Å². The molecule has 27 heavy (non-hydrogen) atoms. The standard InChI is InChI=1S/C20H26N4O3/c25-20(23-15-6-2-1-3-7-15)24-10-11-26-16(12-24)13-27-19-17-8-4-5-9-18(17)21-14-22-19/h4-5,8-9,14-16H,1-3,6-7,10-13H2,(H,23,25). The highest BCUT2D eigenvalue weighted by molar-refractivity contribution is 5.82. The van der Waals surface area contributed by atoms with E-state index >= 15 is 0 Å². The molecule has 2 fully saturated rings. The number of morpholine rings is 1. The van der Waals surface area contributed by atoms with Gasteiger partial charge in [-0.1, -0.05) is 31.4 Å². The van der Waals surface area contributed by atoms with Crippen LogP contribution in [0.15, 0.2) is 30.6 Å². The maximum atomic E-state index is 12.6. The van der Waals surface area contributed by atoms with Crippen LogP contribution in [-0.4, -0.2) is 59.3 Å². The number of fused-ring (bicyclic) bond motifs is 1. The number of carbonyl (C=O) groups excluding carboxylic acids is 1. The van der Waals surface area contributed by atoms with Crippen molar-refractivity contribution in [2.24, 2.45) is 0 Å². The Morgan fingerprint density at radius 3 is 2.96 bits per heavy atom. The summed E-state index contributed by atoms with van der Waals surface area (Å²) >= 11 is 0. The van der Waals surface area contributed by atoms with E-state index in [4.69, 9.17) is 9.47 Å². The Balaban J connectivity index is 1.32. The zero-order chi connectivity index (χ0) is 18.5. The number of hydrogen-bond donors (Lipinski definition) is 1. The van der Waals surface area contributed by atoms with Crippen LogP contribution in [0.3, 0.4) is 0 Å². The highest BCUT2D eigenvalue weighted by Crippen LogP contribution is 2.21. The summed E-state index contributed by atoms with van der Waals surface area (Å²) in [5, 5.41) is 4.05. The SMILES string of the molecule is O=C(NC1CCCCC1)N1CCOC(COc2ncnc3ccccc23)C1. The summed E-state index contributed by atoms with van der Waals surface area (Å²) < 4.78 is 11.7. The number of urea groups is 1. The molecule has 0 bridgehead atoms. The maximum absolute atomic E-state index is 12.6. The van der Waals surface area contributed by atoms with Gasteiger partial charge >= 0.3 is 6.03 Å². The molecule has 1 unspecified atom stereocenters. The van der Waals surface area contributed by atoms with E-state index in [-0.39, 0.29) is 12.1 Å². The molecule has 7 nitrogen and oxygen atoms in total. The van der Waals surface area contributed by atoms with E-state index in [1.54, 1.807) is 0 Å². The lowest BCUT2D eigenvalue weighted by Crippen LogP contribution is -2.53. The van der Waals surface area contributed by atoms with Gasteiger partial charge in [0.05, 0.1) is 24.1 Å². The molecular weight excluding hydrogens is 344 g/mol. The van der Waals surface area contributed by atoms with Crippen LogP contribution >= 0.6 is 0 Å². The minimum absolute atomic E-state index is 0.0164. The molecule has 0 spiro atoms. The average Bonchev–Trinajstić information content (AvgIpc) is 2.73. The minimum Gasteiger partial charge on any atom is -0.474 e. The molecule has 1 saturated heterocycles. The lowest BCUT2D eigenvalue weighted by molar-refractivity contribution is -0.0359. The lowest BCUT2D eigenvalue weighted by atomic mass is 9.96. The summed E-state index contributed by atoms with van der Waals surface area (Å²) in [4.78, 5) is 22.9. The average molecular weight is 370 g/mol. The van der Waals surface area contributed by atoms with Gasteiger partial charge in [-0.2, -0.15) is 0 Å². The molecule has 1 aromatic carbocycles. The third-order valence-electron chi connectivity index (χ3n) is 5.27. The zero-order valence-corrected chi connectivity index (χ0v) is 15.5. The van der Waals surface area contributed by atoms with Gasteiger partial charge in [-0.25, -0.2) is 14.8 Å². The zero-order valence-electron chi connectivity index (χ0n) is 15.5. The van der Waals surface area contributed by atoms with Crippen molar-refractivity contribution in [2.75, 3.05) is 26.3 Å². The number of para-hydroxylation sites is 1. The molecule has 0 radical (unpaired) electrons. The third-order valence-corrected chi connectivity index (χ3v) is 5.27. The van der Waals surface area contributed by atoms with Crippen LogP contribution in [0.5, 0.6) is 5.88 Å². The molecule has 144 valence electrons. The smallest absolute Gasteiger partial charge is 0.317 e. The predicted molar refractivity (Wildman–Crippen MR) is 102 cm³/mol. The van der Waals surface area contributed by atoms with Crippen molar-refractivity contribution in [1.29, 1.82) is 0 Å². The summed E-state index contributed by atoms with van der Waals surface area (Å²) in [6, 6.07) is 8.08. The highest BCUT2D eigenvalue weighted by atomic mass is 16.5. The molecular formula is C20H26N4O3. The van der Waals surface area contributed by atoms with Gasteiger partial charge in [0.1, 0.15) is 19.0 Å². The summed E-state index contributed by atoms with van der Waals surface area (Å²) in [6.07, 6.45) is 7.20. The maximum Gasteiger partial charge on any atom is 0.317 e. The summed E-state index contributed by atoms with van der Waals surface area (Å²) in [5.74, 6) is 0.549. The predicted octanol–water partition coefficient (Wildman–Crippen LogP) is 2.75. The van der Waals surface area contributed by atoms with Gasteiger partial charge in [-0.3, -0.25) is 0 Å². The van der Waals surface area contributed by atoms with Crippen molar-refractivity contribution in [1.82, 2.24) is 20.2 Å². The molecule has 2 aliphatic rings. The molecule has 2 amide bonds. The molecule has 4 rings (SSSR count). The Labute approximate surface area is 159 Å². The van der Waals surface area contributed by atoms with Crippen molar-refractivity contribution in [3.05, 3.63) is 30.6 Å². The fourth-order valence-corrected chi connectivity index (χ4v) is 3.78. The fraction of sp³-hybridized carbons (Fsp3) is 0.550. The second-order valence-electron chi connectivity index (χ2n) is 7.23. The molecule has 1 atom stereocenters. The van der Waals surface area contributed by atoms with E-state index in [2.05, 4.69) is 15.3 Å². The van der Waals surface area contributed by atoms with Gasteiger partial charge in [0.2, 0.25) is 5.88 Å². The largest absolute Gasteiger partial charge is 0.474 e. The molecule has 2 heterocycles. The second kappa shape index (κ2) is 8.52. The number of amides is 2. The molecule has 1 aliphatic heterocycles. The first-order valence-corrected chi connectivity index (χ1v) is 9.79. The summed E-state index contributed by atoms with van der Waals surface area (Å²) in [5.41, 5.74) is 0.848. The summed E-state index contributed by atoms with van der Waals surface area (Å²) in [7, 11) is 0. The Kier molecular flexibility index (Phi) is 5.67. The number of nitrogens with zero attached hydrogens (tertiary/aromatic N) is 3. The van der Waals surface area contributed by atoms with E-state index < -0.39 is 0 Å². The number of benzene rings is 1. The number of aromatic nitrogens is 2. The van der Waals surface area contributed by atoms with Crippen LogP contribution in [-0.2, 0) is 4.74 Å². The molecule has 1 aromatic heterocycles. The van der Waals surface area contributed by atoms with Gasteiger partial charge in [-0.05, 0) is 25.0 Å². The molecule has 1 aliphatic carbocycles. The van der Waals surface area contributed by atoms with E-state index in [9.17, 15) is 4.79 Å². The van der Waals surface area contributed by atoms with Crippen molar-refractivity contribution < 1.29 is 14.3 Å². The van der Waals surface area contributed by atoms with E-state index in [1.165, 1.54) is 25.6 Å². The Morgan fingerprint density at radius 1 is 1.22 bits per heavy atom. The van der Waals surface area contributed by atoms with Crippen LogP contribution in [0.4, 0.5) is 4.79 Å². The van der Waals surface area contributed by atoms with Gasteiger partial charge in [-0.15, -0.1) is 0 Å². The fourth-order valence-electron chi connectivity index (χ4n) is 3.78. The number of rotatable bonds is 4. The highest BCUT2D eigenvalue weighted by Gasteiger charge is 2.27. The normalized spacial score (nSPS) is 21.2. The van der Waals surface area contributed by atoms with Crippen LogP contribution in [0.1, 0.15) is 32.1 Å². The second-order valence-corrected chi connectivity index (χ2v) is 7.23. The van der Waals surface area contributed by atoms with E-state index in [0.29, 0.717) is 38.2 Å². The monoisotopic (exact) mass is 370 g/mol. The topological polar surface area (TPSA) is 76.6 Å². The van der Waals surface area contributed by atoms with Crippen molar-refractivity contribution in [3.63, 3.8) is 0 Å². The van der Waals surface area contributed by atoms with Crippen LogP contribution in [0.25, 0.3) is 10.9 Å². The van der Waals surface area contributed by atoms with E-state index in [1.807, 2.05) is 29.2 Å². The van der Waals surface area contributed by atoms with Crippen molar-refractivity contribution in [2.45, 2.75) is 44.2 Å². The van der Waals surface area contributed by atoms with Gasteiger partial charge < -0.3 is 19.7 Å². The first kappa shape index (κ1) is 18.0. The Bertz CT molecular complexity index is 773. The van der Waals surface area contributed by atoms with Crippen LogP contribution in [0, 0.1) is 0 Å². The molecule has 2 aromatic rings. The summed E-state index contributed by atoms with van der Waals surface area (Å²) in [6.45, 7) is 2.03. The minimum atomic E-state index is -0.162. The first-order chi connectivity index (χ1) is 13.3. The van der Waals surface area contributed by atoms with Crippen LogP contribution < -0.4 is 10.1 Å². The van der Waals surface area contributed by atoms with Gasteiger partial charge in [0, 0.05) is 12.6 Å². The Hall–Kier alpha value is -2.41. The van der Waals surface area contributed by atoms with Crippen LogP contribution in [0.2, 0.25) is 0 Å². The van der Waals surface area contributed by atoms with Crippen molar-refractivity contribution in [3.8, 4) is 5.88 Å². The number of nitrogens with one attached hydrogen (secondary N) is 1. The molecule has 7 heteroatoms. The first-order valence-electron chi connectivity index (χ1n) is 9.79. The quantitative estimate of drug-likeness (QED) is 0.896. The number of hydrogen-bond acceptors (Lipinski definition) is 5.